The van der Waals surface area contributed by atoms with Crippen molar-refractivity contribution in [3.63, 3.8) is 0 Å². The van der Waals surface area contributed by atoms with Crippen LogP contribution in [0, 0.1) is 6.92 Å². The van der Waals surface area contributed by atoms with Crippen LogP contribution in [0.2, 0.25) is 0 Å². The van der Waals surface area contributed by atoms with Gasteiger partial charge < -0.3 is 9.84 Å². The Bertz CT molecular complexity index is 1090. The SMILES string of the molecule is CCCCCOc1ccc(-c2ccc(C)cc2)cc1N(CCCCc1ccccc1)C(=O)C(=O)O. The zero-order valence-corrected chi connectivity index (χ0v) is 20.7. The Balaban J connectivity index is 1.87. The summed E-state index contributed by atoms with van der Waals surface area (Å²) in [5, 5.41) is 9.57. The fourth-order valence-corrected chi connectivity index (χ4v) is 4.00. The van der Waals surface area contributed by atoms with E-state index in [4.69, 9.17) is 4.74 Å². The highest BCUT2D eigenvalue weighted by Crippen LogP contribution is 2.34. The number of amides is 1. The first-order valence-corrected chi connectivity index (χ1v) is 12.4. The smallest absolute Gasteiger partial charge is 0.394 e. The third-order valence-electron chi connectivity index (χ3n) is 6.01. The summed E-state index contributed by atoms with van der Waals surface area (Å²) in [6, 6.07) is 24.0. The summed E-state index contributed by atoms with van der Waals surface area (Å²) in [5.74, 6) is -1.87. The Kier molecular flexibility index (Phi) is 9.91. The zero-order chi connectivity index (χ0) is 25.0. The van der Waals surface area contributed by atoms with E-state index in [1.807, 2.05) is 67.6 Å². The van der Waals surface area contributed by atoms with Crippen LogP contribution >= 0.6 is 0 Å². The lowest BCUT2D eigenvalue weighted by molar-refractivity contribution is -0.148. The third-order valence-corrected chi connectivity index (χ3v) is 6.01. The van der Waals surface area contributed by atoms with Crippen molar-refractivity contribution >= 4 is 17.6 Å². The number of aliphatic carboxylic acids is 1. The Morgan fingerprint density at radius 1 is 0.857 bits per heavy atom. The average molecular weight is 474 g/mol. The first-order chi connectivity index (χ1) is 17.0. The predicted molar refractivity (Wildman–Crippen MR) is 141 cm³/mol. The molecule has 5 heteroatoms. The van der Waals surface area contributed by atoms with Crippen LogP contribution < -0.4 is 9.64 Å². The number of carbonyl (C=O) groups excluding carboxylic acids is 1. The molecule has 0 unspecified atom stereocenters. The Labute approximate surface area is 208 Å². The number of hydrogen-bond acceptors (Lipinski definition) is 3. The molecule has 0 aromatic heterocycles. The van der Waals surface area contributed by atoms with Crippen molar-refractivity contribution in [2.75, 3.05) is 18.1 Å². The van der Waals surface area contributed by atoms with E-state index in [2.05, 4.69) is 19.1 Å². The fraction of sp³-hybridized carbons (Fsp3) is 0.333. The molecule has 0 saturated carbocycles. The molecule has 0 heterocycles. The molecule has 0 fully saturated rings. The molecule has 0 aliphatic rings. The highest BCUT2D eigenvalue weighted by atomic mass is 16.5. The third kappa shape index (κ3) is 7.71. The lowest BCUT2D eigenvalue weighted by Crippen LogP contribution is -2.37. The molecular weight excluding hydrogens is 438 g/mol. The van der Waals surface area contributed by atoms with Crippen molar-refractivity contribution in [1.29, 1.82) is 0 Å². The van der Waals surface area contributed by atoms with Crippen molar-refractivity contribution in [3.8, 4) is 16.9 Å². The number of rotatable bonds is 12. The summed E-state index contributed by atoms with van der Waals surface area (Å²) in [4.78, 5) is 25.9. The van der Waals surface area contributed by atoms with Crippen molar-refractivity contribution in [2.24, 2.45) is 0 Å². The molecule has 0 saturated heterocycles. The molecule has 0 aliphatic heterocycles. The fourth-order valence-electron chi connectivity index (χ4n) is 4.00. The minimum atomic E-state index is -1.47. The number of carboxylic acids is 1. The molecule has 0 atom stereocenters. The molecule has 3 rings (SSSR count). The van der Waals surface area contributed by atoms with Gasteiger partial charge in [-0.1, -0.05) is 86.0 Å². The van der Waals surface area contributed by atoms with E-state index in [0.29, 0.717) is 31.0 Å². The molecular formula is C30H35NO4. The number of unbranched alkanes of at least 4 members (excludes halogenated alkanes) is 3. The Morgan fingerprint density at radius 3 is 2.26 bits per heavy atom. The van der Waals surface area contributed by atoms with E-state index >= 15 is 0 Å². The van der Waals surface area contributed by atoms with Gasteiger partial charge >= 0.3 is 11.9 Å². The van der Waals surface area contributed by atoms with Crippen molar-refractivity contribution < 1.29 is 19.4 Å². The molecule has 1 N–H and O–H groups in total. The number of anilines is 1. The first-order valence-electron chi connectivity index (χ1n) is 12.4. The van der Waals surface area contributed by atoms with E-state index in [0.717, 1.165) is 48.8 Å². The molecule has 3 aromatic rings. The highest BCUT2D eigenvalue weighted by molar-refractivity contribution is 6.37. The summed E-state index contributed by atoms with van der Waals surface area (Å²) in [6.07, 6.45) is 5.43. The molecule has 0 spiro atoms. The maximum atomic E-state index is 12.8. The van der Waals surface area contributed by atoms with E-state index in [-0.39, 0.29) is 0 Å². The van der Waals surface area contributed by atoms with Gasteiger partial charge in [0.25, 0.3) is 0 Å². The standard InChI is InChI=1S/C30H35NO4/c1-3-4-10-21-35-28-19-18-26(25-16-14-23(2)15-17-25)22-27(28)31(29(32)30(33)34)20-9-8-13-24-11-6-5-7-12-24/h5-7,11-12,14-19,22H,3-4,8-10,13,20-21H2,1-2H3,(H,33,34). The number of nitrogens with zero attached hydrogens (tertiary/aromatic N) is 1. The summed E-state index contributed by atoms with van der Waals surface area (Å²) < 4.78 is 6.05. The second kappa shape index (κ2) is 13.3. The highest BCUT2D eigenvalue weighted by Gasteiger charge is 2.25. The molecule has 3 aromatic carbocycles. The van der Waals surface area contributed by atoms with Gasteiger partial charge in [0.1, 0.15) is 5.75 Å². The minimum absolute atomic E-state index is 0.306. The van der Waals surface area contributed by atoms with Crippen molar-refractivity contribution in [3.05, 3.63) is 83.9 Å². The molecule has 184 valence electrons. The van der Waals surface area contributed by atoms with Gasteiger partial charge in [-0.25, -0.2) is 4.79 Å². The molecule has 5 nitrogen and oxygen atoms in total. The van der Waals surface area contributed by atoms with Gasteiger partial charge in [-0.3, -0.25) is 9.69 Å². The normalized spacial score (nSPS) is 10.7. The van der Waals surface area contributed by atoms with Crippen LogP contribution in [-0.2, 0) is 16.0 Å². The van der Waals surface area contributed by atoms with Crippen molar-refractivity contribution in [2.45, 2.75) is 52.4 Å². The van der Waals surface area contributed by atoms with Gasteiger partial charge in [0.05, 0.1) is 12.3 Å². The largest absolute Gasteiger partial charge is 0.491 e. The van der Waals surface area contributed by atoms with Gasteiger partial charge in [-0.05, 0) is 61.4 Å². The lowest BCUT2D eigenvalue weighted by Gasteiger charge is -2.24. The van der Waals surface area contributed by atoms with Gasteiger partial charge in [0, 0.05) is 6.54 Å². The van der Waals surface area contributed by atoms with E-state index in [1.165, 1.54) is 10.5 Å². The van der Waals surface area contributed by atoms with Gasteiger partial charge in [-0.2, -0.15) is 0 Å². The van der Waals surface area contributed by atoms with Crippen LogP contribution in [0.4, 0.5) is 5.69 Å². The van der Waals surface area contributed by atoms with Gasteiger partial charge in [-0.15, -0.1) is 0 Å². The summed E-state index contributed by atoms with van der Waals surface area (Å²) >= 11 is 0. The molecule has 0 bridgehead atoms. The number of benzene rings is 3. The van der Waals surface area contributed by atoms with Crippen LogP contribution in [0.25, 0.3) is 11.1 Å². The number of carboxylic acid groups (broad SMARTS) is 1. The van der Waals surface area contributed by atoms with Crippen LogP contribution in [-0.4, -0.2) is 30.1 Å². The Morgan fingerprint density at radius 2 is 1.57 bits per heavy atom. The van der Waals surface area contributed by atoms with Crippen LogP contribution in [0.3, 0.4) is 0 Å². The number of hydrogen-bond donors (Lipinski definition) is 1. The van der Waals surface area contributed by atoms with E-state index < -0.39 is 11.9 Å². The molecule has 0 aliphatic carbocycles. The second-order valence-corrected chi connectivity index (χ2v) is 8.81. The van der Waals surface area contributed by atoms with E-state index in [9.17, 15) is 14.7 Å². The number of carbonyl (C=O) groups is 2. The molecule has 35 heavy (non-hydrogen) atoms. The minimum Gasteiger partial charge on any atom is -0.491 e. The van der Waals surface area contributed by atoms with Crippen molar-refractivity contribution in [1.82, 2.24) is 0 Å². The second-order valence-electron chi connectivity index (χ2n) is 8.81. The number of aryl methyl sites for hydroxylation is 2. The lowest BCUT2D eigenvalue weighted by atomic mass is 10.0. The monoisotopic (exact) mass is 473 g/mol. The van der Waals surface area contributed by atoms with Gasteiger partial charge in [0.15, 0.2) is 0 Å². The summed E-state index contributed by atoms with van der Waals surface area (Å²) in [6.45, 7) is 4.99. The average Bonchev–Trinajstić information content (AvgIpc) is 2.87. The summed E-state index contributed by atoms with van der Waals surface area (Å²) in [7, 11) is 0. The number of ether oxygens (including phenoxy) is 1. The maximum Gasteiger partial charge on any atom is 0.394 e. The molecule has 1 amide bonds. The topological polar surface area (TPSA) is 66.8 Å². The quantitative estimate of drug-likeness (QED) is 0.236. The van der Waals surface area contributed by atoms with Crippen LogP contribution in [0.1, 0.15) is 50.2 Å². The van der Waals surface area contributed by atoms with Crippen LogP contribution in [0.5, 0.6) is 5.75 Å². The summed E-state index contributed by atoms with van der Waals surface area (Å²) in [5.41, 5.74) is 4.80. The first kappa shape index (κ1) is 26.0. The Hall–Kier alpha value is -3.60. The van der Waals surface area contributed by atoms with E-state index in [1.54, 1.807) is 0 Å². The zero-order valence-electron chi connectivity index (χ0n) is 20.7. The predicted octanol–water partition coefficient (Wildman–Crippen LogP) is 6.67. The molecule has 0 radical (unpaired) electrons. The van der Waals surface area contributed by atoms with Gasteiger partial charge in [0.2, 0.25) is 0 Å². The van der Waals surface area contributed by atoms with Crippen LogP contribution in [0.15, 0.2) is 72.8 Å². The maximum absolute atomic E-state index is 12.8.